The molecule has 0 radical (unpaired) electrons. The molecule has 1 N–H and O–H groups in total. The monoisotopic (exact) mass is 540 g/mol. The first-order valence-corrected chi connectivity index (χ1v) is 12.5. The van der Waals surface area contributed by atoms with E-state index < -0.39 is 34.8 Å². The predicted octanol–water partition coefficient (Wildman–Crippen LogP) is 6.26. The van der Waals surface area contributed by atoms with Gasteiger partial charge in [0.1, 0.15) is 24.3 Å². The minimum atomic E-state index is -1.35. The number of fused-ring (bicyclic) bond motifs is 1. The molecule has 200 valence electrons. The Labute approximate surface area is 218 Å². The van der Waals surface area contributed by atoms with Crippen LogP contribution in [-0.2, 0) is 0 Å². The molecule has 0 saturated carbocycles. The molecule has 1 aliphatic heterocycles. The maximum absolute atomic E-state index is 15.6. The first-order valence-electron chi connectivity index (χ1n) is 12.1. The summed E-state index contributed by atoms with van der Waals surface area (Å²) in [7, 11) is 1.54. The summed E-state index contributed by atoms with van der Waals surface area (Å²) >= 11 is 6.35. The van der Waals surface area contributed by atoms with E-state index in [0.717, 1.165) is 6.07 Å². The maximum atomic E-state index is 15.6. The number of piperidine rings is 1. The number of hydrogen-bond donors (Lipinski definition) is 1. The van der Waals surface area contributed by atoms with Crippen molar-refractivity contribution in [3.63, 3.8) is 0 Å². The van der Waals surface area contributed by atoms with Gasteiger partial charge in [-0.3, -0.25) is 9.88 Å². The molecule has 0 amide bonds. The van der Waals surface area contributed by atoms with Gasteiger partial charge in [-0.1, -0.05) is 11.6 Å². The van der Waals surface area contributed by atoms with Gasteiger partial charge < -0.3 is 14.6 Å². The van der Waals surface area contributed by atoms with Gasteiger partial charge in [0.25, 0.3) is 0 Å². The van der Waals surface area contributed by atoms with Crippen molar-refractivity contribution in [2.24, 2.45) is 5.41 Å². The first kappa shape index (κ1) is 27.4. The van der Waals surface area contributed by atoms with Crippen LogP contribution in [0.1, 0.15) is 37.4 Å². The van der Waals surface area contributed by atoms with E-state index in [1.165, 1.54) is 13.3 Å². The molecule has 5 nitrogen and oxygen atoms in total. The van der Waals surface area contributed by atoms with Crippen LogP contribution in [0.4, 0.5) is 17.6 Å². The van der Waals surface area contributed by atoms with Gasteiger partial charge in [0.2, 0.25) is 5.82 Å². The molecule has 1 fully saturated rings. The van der Waals surface area contributed by atoms with Gasteiger partial charge in [0, 0.05) is 42.4 Å². The summed E-state index contributed by atoms with van der Waals surface area (Å²) in [4.78, 5) is 6.34. The van der Waals surface area contributed by atoms with Crippen molar-refractivity contribution < 1.29 is 32.1 Å². The van der Waals surface area contributed by atoms with Gasteiger partial charge in [-0.05, 0) is 62.4 Å². The van der Waals surface area contributed by atoms with Gasteiger partial charge >= 0.3 is 0 Å². The number of aliphatic hydroxyl groups is 1. The van der Waals surface area contributed by atoms with Crippen LogP contribution in [0.3, 0.4) is 0 Å². The highest BCUT2D eigenvalue weighted by molar-refractivity contribution is 6.32. The number of likely N-dealkylation sites (tertiary alicyclic amines) is 1. The molecule has 4 rings (SSSR count). The molecule has 1 aromatic heterocycles. The second kappa shape index (κ2) is 11.8. The van der Waals surface area contributed by atoms with E-state index in [-0.39, 0.29) is 24.7 Å². The Balaban J connectivity index is 1.33. The number of benzene rings is 2. The second-order valence-corrected chi connectivity index (χ2v) is 9.86. The van der Waals surface area contributed by atoms with Crippen molar-refractivity contribution in [1.82, 2.24) is 9.88 Å². The Morgan fingerprint density at radius 2 is 1.92 bits per heavy atom. The van der Waals surface area contributed by atoms with Gasteiger partial charge in [-0.15, -0.1) is 0 Å². The fourth-order valence-electron chi connectivity index (χ4n) is 4.85. The summed E-state index contributed by atoms with van der Waals surface area (Å²) in [5.41, 5.74) is 0.553. The van der Waals surface area contributed by atoms with Crippen molar-refractivity contribution in [2.75, 3.05) is 40.0 Å². The zero-order chi connectivity index (χ0) is 26.6. The van der Waals surface area contributed by atoms with E-state index in [2.05, 4.69) is 9.88 Å². The molecule has 1 saturated heterocycles. The van der Waals surface area contributed by atoms with Gasteiger partial charge in [0.05, 0.1) is 17.6 Å². The molecule has 10 heteroatoms. The van der Waals surface area contributed by atoms with E-state index in [1.54, 1.807) is 18.2 Å². The number of aromatic nitrogens is 1. The minimum absolute atomic E-state index is 0.0512. The van der Waals surface area contributed by atoms with Crippen molar-refractivity contribution >= 4 is 22.5 Å². The number of hydrogen-bond acceptors (Lipinski definition) is 5. The number of alkyl halides is 1. The maximum Gasteiger partial charge on any atom is 0.200 e. The number of methoxy groups -OCH3 is 1. The normalized spacial score (nSPS) is 16.6. The average molecular weight is 541 g/mol. The van der Waals surface area contributed by atoms with Crippen LogP contribution in [0.25, 0.3) is 10.9 Å². The highest BCUT2D eigenvalue weighted by Gasteiger charge is 2.35. The molecule has 2 heterocycles. The first-order chi connectivity index (χ1) is 17.7. The van der Waals surface area contributed by atoms with E-state index in [9.17, 15) is 18.3 Å². The smallest absolute Gasteiger partial charge is 0.200 e. The van der Waals surface area contributed by atoms with Crippen molar-refractivity contribution in [3.8, 4) is 11.5 Å². The molecule has 3 aromatic rings. The lowest BCUT2D eigenvalue weighted by Gasteiger charge is -2.41. The third kappa shape index (κ3) is 6.27. The Hall–Kier alpha value is -2.62. The molecule has 37 heavy (non-hydrogen) atoms. The van der Waals surface area contributed by atoms with Crippen LogP contribution >= 0.6 is 11.6 Å². The van der Waals surface area contributed by atoms with Crippen molar-refractivity contribution in [3.05, 3.63) is 64.6 Å². The molecule has 0 aliphatic carbocycles. The minimum Gasteiger partial charge on any atom is -0.497 e. The molecule has 1 atom stereocenters. The Morgan fingerprint density at radius 3 is 2.62 bits per heavy atom. The zero-order valence-electron chi connectivity index (χ0n) is 20.5. The van der Waals surface area contributed by atoms with E-state index in [0.29, 0.717) is 67.2 Å². The number of ether oxygens (including phenoxy) is 2. The Bertz CT molecular complexity index is 1240. The topological polar surface area (TPSA) is 54.8 Å². The van der Waals surface area contributed by atoms with Crippen molar-refractivity contribution in [1.29, 1.82) is 0 Å². The van der Waals surface area contributed by atoms with E-state index in [4.69, 9.17) is 21.1 Å². The average Bonchev–Trinajstić information content (AvgIpc) is 2.90. The highest BCUT2D eigenvalue weighted by Crippen LogP contribution is 2.41. The van der Waals surface area contributed by atoms with Gasteiger partial charge in [0.15, 0.2) is 11.6 Å². The third-order valence-corrected chi connectivity index (χ3v) is 7.49. The zero-order valence-corrected chi connectivity index (χ0v) is 21.2. The van der Waals surface area contributed by atoms with Crippen LogP contribution in [0.5, 0.6) is 11.5 Å². The molecule has 0 bridgehead atoms. The fourth-order valence-corrected chi connectivity index (χ4v) is 5.12. The number of nitrogens with zero attached hydrogens (tertiary/aromatic N) is 2. The second-order valence-electron chi connectivity index (χ2n) is 9.46. The van der Waals surface area contributed by atoms with Crippen LogP contribution < -0.4 is 9.47 Å². The van der Waals surface area contributed by atoms with Crippen molar-refractivity contribution in [2.45, 2.75) is 31.9 Å². The lowest BCUT2D eigenvalue weighted by molar-refractivity contribution is 0.0264. The summed E-state index contributed by atoms with van der Waals surface area (Å²) in [6, 6.07) is 6.52. The molecule has 1 aliphatic rings. The number of pyridine rings is 1. The number of halogens is 5. The Kier molecular flexibility index (Phi) is 8.77. The number of aliphatic hydroxyl groups excluding tert-OH is 1. The largest absolute Gasteiger partial charge is 0.497 e. The predicted molar refractivity (Wildman–Crippen MR) is 133 cm³/mol. The SMILES string of the molecule is COc1ccc2ncc(Cl)c([C@H](F)CCC3(CO)CCN(CCOc4cc(F)cc(F)c4F)CC3)c2c1. The van der Waals surface area contributed by atoms with Gasteiger partial charge in [-0.25, -0.2) is 13.2 Å². The summed E-state index contributed by atoms with van der Waals surface area (Å²) in [5, 5.41) is 11.0. The lowest BCUT2D eigenvalue weighted by atomic mass is 9.74. The molecule has 0 spiro atoms. The summed E-state index contributed by atoms with van der Waals surface area (Å²) in [5.74, 6) is -3.31. The van der Waals surface area contributed by atoms with Gasteiger partial charge in [-0.2, -0.15) is 4.39 Å². The highest BCUT2D eigenvalue weighted by atomic mass is 35.5. The van der Waals surface area contributed by atoms with Crippen LogP contribution in [0, 0.1) is 22.9 Å². The standard InChI is InChI=1S/C27H29ClF4N2O3/c1-36-18-2-3-23-19(14-18)25(20(28)15-33-23)21(30)4-5-27(16-35)6-8-34(9-7-27)10-11-37-24-13-17(29)12-22(31)26(24)32/h2-3,12-15,21,35H,4-11,16H2,1H3/t21-/m1/s1. The quantitative estimate of drug-likeness (QED) is 0.243. The Morgan fingerprint density at radius 1 is 1.16 bits per heavy atom. The number of rotatable bonds is 10. The van der Waals surface area contributed by atoms with Crippen LogP contribution in [-0.4, -0.2) is 54.9 Å². The fraction of sp³-hybridized carbons (Fsp3) is 0.444. The molecule has 0 unspecified atom stereocenters. The molecular formula is C27H29ClF4N2O3. The van der Waals surface area contributed by atoms with E-state index in [1.807, 2.05) is 0 Å². The summed E-state index contributed by atoms with van der Waals surface area (Å²) in [6.45, 7) is 1.64. The molecular weight excluding hydrogens is 512 g/mol. The lowest BCUT2D eigenvalue weighted by Crippen LogP contribution is -2.43. The third-order valence-electron chi connectivity index (χ3n) is 7.19. The summed E-state index contributed by atoms with van der Waals surface area (Å²) < 4.78 is 66.5. The van der Waals surface area contributed by atoms with Crippen LogP contribution in [0.2, 0.25) is 5.02 Å². The molecule has 2 aromatic carbocycles. The van der Waals surface area contributed by atoms with E-state index >= 15 is 4.39 Å². The summed E-state index contributed by atoms with van der Waals surface area (Å²) in [6.07, 6.45) is 2.03. The van der Waals surface area contributed by atoms with Crippen LogP contribution in [0.15, 0.2) is 36.5 Å².